The lowest BCUT2D eigenvalue weighted by Crippen LogP contribution is -2.30. The molecule has 6 atom stereocenters. The van der Waals surface area contributed by atoms with Gasteiger partial charge in [-0.2, -0.15) is 0 Å². The fourth-order valence-electron chi connectivity index (χ4n) is 4.61. The zero-order valence-electron chi connectivity index (χ0n) is 15.3. The van der Waals surface area contributed by atoms with Crippen molar-refractivity contribution >= 4 is 0 Å². The zero-order chi connectivity index (χ0) is 17.2. The molecule has 6 unspecified atom stereocenters. The molecule has 3 saturated heterocycles. The molecule has 0 aromatic rings. The van der Waals surface area contributed by atoms with E-state index >= 15 is 0 Å². The summed E-state index contributed by atoms with van der Waals surface area (Å²) in [5, 5.41) is 10.3. The zero-order valence-corrected chi connectivity index (χ0v) is 15.3. The van der Waals surface area contributed by atoms with Gasteiger partial charge in [0.25, 0.3) is 0 Å². The van der Waals surface area contributed by atoms with Crippen molar-refractivity contribution in [3.63, 3.8) is 0 Å². The summed E-state index contributed by atoms with van der Waals surface area (Å²) >= 11 is 0. The van der Waals surface area contributed by atoms with Crippen LogP contribution in [0.2, 0.25) is 0 Å². The molecule has 0 saturated carbocycles. The number of epoxide rings is 2. The van der Waals surface area contributed by atoms with Crippen molar-refractivity contribution in [2.75, 3.05) is 0 Å². The molecule has 4 heteroatoms. The van der Waals surface area contributed by atoms with Gasteiger partial charge in [-0.1, -0.05) is 23.3 Å². The Bertz CT molecular complexity index is 596. The van der Waals surface area contributed by atoms with Gasteiger partial charge < -0.3 is 19.3 Å². The minimum atomic E-state index is -0.832. The van der Waals surface area contributed by atoms with Gasteiger partial charge in [0.1, 0.15) is 17.3 Å². The molecule has 3 fully saturated rings. The Morgan fingerprint density at radius 1 is 1.12 bits per heavy atom. The maximum absolute atomic E-state index is 10.3. The third-order valence-corrected chi connectivity index (χ3v) is 6.70. The highest BCUT2D eigenvalue weighted by Gasteiger charge is 2.79. The van der Waals surface area contributed by atoms with Crippen LogP contribution in [-0.2, 0) is 14.2 Å². The van der Waals surface area contributed by atoms with E-state index in [1.165, 1.54) is 11.1 Å². The van der Waals surface area contributed by atoms with Gasteiger partial charge in [-0.3, -0.25) is 0 Å². The fourth-order valence-corrected chi connectivity index (χ4v) is 4.61. The van der Waals surface area contributed by atoms with Crippen molar-refractivity contribution in [2.45, 2.75) is 102 Å². The van der Waals surface area contributed by atoms with Gasteiger partial charge >= 0.3 is 0 Å². The van der Waals surface area contributed by atoms with Gasteiger partial charge in [-0.15, -0.1) is 0 Å². The Labute approximate surface area is 144 Å². The standard InChI is InChI=1S/C20H30O4/c1-13-6-5-10-18(3)15(23-18)8-7-14(2)12-16-20(11-9-13)19(4,24-20)17(21)22-16/h6,12,15-17,21H,5,7-11H2,1-4H3. The van der Waals surface area contributed by atoms with E-state index in [-0.39, 0.29) is 17.3 Å². The maximum atomic E-state index is 10.3. The predicted octanol–water partition coefficient (Wildman–Crippen LogP) is 3.64. The van der Waals surface area contributed by atoms with Crippen LogP contribution in [0.4, 0.5) is 0 Å². The molecule has 24 heavy (non-hydrogen) atoms. The van der Waals surface area contributed by atoms with Crippen LogP contribution >= 0.6 is 0 Å². The normalized spacial score (nSPS) is 51.5. The van der Waals surface area contributed by atoms with Crippen molar-refractivity contribution < 1.29 is 19.3 Å². The van der Waals surface area contributed by atoms with Crippen LogP contribution in [-0.4, -0.2) is 40.4 Å². The van der Waals surface area contributed by atoms with E-state index in [1.807, 2.05) is 6.92 Å². The third kappa shape index (κ3) is 2.50. The summed E-state index contributed by atoms with van der Waals surface area (Å²) in [7, 11) is 0. The topological polar surface area (TPSA) is 54.5 Å². The smallest absolute Gasteiger partial charge is 0.187 e. The van der Waals surface area contributed by atoms with Crippen LogP contribution in [0.5, 0.6) is 0 Å². The molecule has 3 aliphatic heterocycles. The first kappa shape index (κ1) is 16.8. The van der Waals surface area contributed by atoms with Gasteiger partial charge in [0.05, 0.1) is 11.7 Å². The second kappa shape index (κ2) is 5.41. The van der Waals surface area contributed by atoms with E-state index in [0.717, 1.165) is 38.5 Å². The molecule has 4 rings (SSSR count). The van der Waals surface area contributed by atoms with Crippen molar-refractivity contribution in [3.05, 3.63) is 23.3 Å². The average Bonchev–Trinajstić information content (AvgIpc) is 3.34. The van der Waals surface area contributed by atoms with Crippen LogP contribution < -0.4 is 0 Å². The summed E-state index contributed by atoms with van der Waals surface area (Å²) in [6.07, 6.45) is 10.0. The van der Waals surface area contributed by atoms with E-state index in [2.05, 4.69) is 32.9 Å². The number of rotatable bonds is 0. The van der Waals surface area contributed by atoms with Gasteiger partial charge in [0.2, 0.25) is 0 Å². The van der Waals surface area contributed by atoms with Crippen LogP contribution in [0.25, 0.3) is 0 Å². The largest absolute Gasteiger partial charge is 0.366 e. The van der Waals surface area contributed by atoms with Crippen LogP contribution in [0.1, 0.15) is 66.2 Å². The minimum absolute atomic E-state index is 0.0701. The number of aliphatic hydroxyl groups excluding tert-OH is 1. The van der Waals surface area contributed by atoms with Gasteiger partial charge in [0.15, 0.2) is 6.29 Å². The molecular formula is C20H30O4. The predicted molar refractivity (Wildman–Crippen MR) is 91.6 cm³/mol. The van der Waals surface area contributed by atoms with Crippen molar-refractivity contribution in [2.24, 2.45) is 0 Å². The second-order valence-electron chi connectivity index (χ2n) is 8.57. The molecule has 3 heterocycles. The SMILES string of the molecule is CC1=CC2OC(O)C3(C)OC23CCC(C)=CCCC2(C)OC2CC1. The number of hydrogen-bond donors (Lipinski definition) is 1. The van der Waals surface area contributed by atoms with Crippen molar-refractivity contribution in [1.82, 2.24) is 0 Å². The first-order valence-electron chi connectivity index (χ1n) is 9.34. The van der Waals surface area contributed by atoms with E-state index in [9.17, 15) is 5.11 Å². The molecule has 1 spiro atoms. The number of hydrogen-bond acceptors (Lipinski definition) is 4. The lowest BCUT2D eigenvalue weighted by molar-refractivity contribution is -0.154. The Morgan fingerprint density at radius 2 is 1.92 bits per heavy atom. The van der Waals surface area contributed by atoms with Gasteiger partial charge in [-0.25, -0.2) is 0 Å². The first-order chi connectivity index (χ1) is 11.3. The molecule has 4 nitrogen and oxygen atoms in total. The van der Waals surface area contributed by atoms with Gasteiger partial charge in [-0.05, 0) is 66.2 Å². The number of fused-ring (bicyclic) bond motifs is 1. The number of allylic oxidation sites excluding steroid dienone is 3. The maximum Gasteiger partial charge on any atom is 0.187 e. The molecule has 0 aromatic carbocycles. The molecule has 0 amide bonds. The molecular weight excluding hydrogens is 304 g/mol. The number of aliphatic hydroxyl groups is 1. The summed E-state index contributed by atoms with van der Waals surface area (Å²) in [5.41, 5.74) is 1.84. The van der Waals surface area contributed by atoms with Gasteiger partial charge in [0, 0.05) is 0 Å². The van der Waals surface area contributed by atoms with E-state index in [4.69, 9.17) is 14.2 Å². The second-order valence-corrected chi connectivity index (χ2v) is 8.57. The quantitative estimate of drug-likeness (QED) is 0.543. The molecule has 1 N–H and O–H groups in total. The van der Waals surface area contributed by atoms with E-state index in [0.29, 0.717) is 6.10 Å². The molecule has 0 bridgehead atoms. The summed E-state index contributed by atoms with van der Waals surface area (Å²) in [6.45, 7) is 8.56. The van der Waals surface area contributed by atoms with E-state index < -0.39 is 11.9 Å². The molecule has 0 aromatic heterocycles. The molecule has 0 radical (unpaired) electrons. The van der Waals surface area contributed by atoms with Crippen molar-refractivity contribution in [3.8, 4) is 0 Å². The fraction of sp³-hybridized carbons (Fsp3) is 0.800. The highest BCUT2D eigenvalue weighted by molar-refractivity contribution is 5.29. The third-order valence-electron chi connectivity index (χ3n) is 6.70. The summed E-state index contributed by atoms with van der Waals surface area (Å²) in [6, 6.07) is 0. The van der Waals surface area contributed by atoms with Crippen molar-refractivity contribution in [1.29, 1.82) is 0 Å². The Balaban J connectivity index is 1.57. The van der Waals surface area contributed by atoms with E-state index in [1.54, 1.807) is 0 Å². The number of ether oxygens (including phenoxy) is 3. The Hall–Kier alpha value is -0.680. The first-order valence-corrected chi connectivity index (χ1v) is 9.34. The summed E-state index contributed by atoms with van der Waals surface area (Å²) < 4.78 is 17.9. The van der Waals surface area contributed by atoms with Crippen LogP contribution in [0.15, 0.2) is 23.3 Å². The van der Waals surface area contributed by atoms with Crippen LogP contribution in [0, 0.1) is 0 Å². The Kier molecular flexibility index (Phi) is 3.78. The lowest BCUT2D eigenvalue weighted by atomic mass is 9.84. The molecule has 1 aliphatic carbocycles. The highest BCUT2D eigenvalue weighted by atomic mass is 16.7. The van der Waals surface area contributed by atoms with Crippen LogP contribution in [0.3, 0.4) is 0 Å². The summed E-state index contributed by atoms with van der Waals surface area (Å²) in [4.78, 5) is 0. The Morgan fingerprint density at radius 3 is 2.67 bits per heavy atom. The minimum Gasteiger partial charge on any atom is -0.366 e. The molecule has 134 valence electrons. The average molecular weight is 334 g/mol. The molecule has 4 aliphatic rings. The summed E-state index contributed by atoms with van der Waals surface area (Å²) in [5.74, 6) is 0. The lowest BCUT2D eigenvalue weighted by Gasteiger charge is -2.19. The highest BCUT2D eigenvalue weighted by Crippen LogP contribution is 2.62. The monoisotopic (exact) mass is 334 g/mol.